The van der Waals surface area contributed by atoms with Gasteiger partial charge in [-0.05, 0) is 6.92 Å². The second-order valence-corrected chi connectivity index (χ2v) is 2.95. The molecule has 0 amide bonds. The van der Waals surface area contributed by atoms with Crippen molar-refractivity contribution >= 4 is 46.4 Å². The molecule has 0 heterocycles. The molecule has 0 aliphatic carbocycles. The molecule has 0 aromatic rings. The molecule has 0 aromatic heterocycles. The highest BCUT2D eigenvalue weighted by Crippen LogP contribution is 2.26. The van der Waals surface area contributed by atoms with Crippen LogP contribution in [0.3, 0.4) is 0 Å². The van der Waals surface area contributed by atoms with E-state index in [1.807, 2.05) is 0 Å². The van der Waals surface area contributed by atoms with Crippen molar-refractivity contribution in [3.8, 4) is 0 Å². The van der Waals surface area contributed by atoms with E-state index in [0.717, 1.165) is 0 Å². The molecule has 0 fully saturated rings. The maximum absolute atomic E-state index is 5.51. The lowest BCUT2D eigenvalue weighted by Gasteiger charge is -1.92. The third-order valence-corrected chi connectivity index (χ3v) is 2.10. The Labute approximate surface area is 74.0 Å². The molecule has 9 heavy (non-hydrogen) atoms. The highest BCUT2D eigenvalue weighted by Gasteiger charge is 2.00. The van der Waals surface area contributed by atoms with Crippen molar-refractivity contribution in [3.63, 3.8) is 0 Å². The maximum atomic E-state index is 5.51. The van der Waals surface area contributed by atoms with Crippen molar-refractivity contribution in [3.05, 3.63) is 20.6 Å². The average Bonchev–Trinajstić information content (AvgIpc) is 1.84. The van der Waals surface area contributed by atoms with Crippen LogP contribution in [-0.4, -0.2) is 0 Å². The normalized spacial score (nSPS) is 11.4. The van der Waals surface area contributed by atoms with Gasteiger partial charge in [-0.1, -0.05) is 52.5 Å². The summed E-state index contributed by atoms with van der Waals surface area (Å²) in [5, 5.41) is 0.541. The second kappa shape index (κ2) is 4.45. The molecule has 0 unspecified atom stereocenters. The summed E-state index contributed by atoms with van der Waals surface area (Å²) < 4.78 is -0.0141. The highest BCUT2D eigenvalue weighted by atomic mass is 35.5. The summed E-state index contributed by atoms with van der Waals surface area (Å²) in [5.74, 6) is 0. The van der Waals surface area contributed by atoms with Gasteiger partial charge in [0.15, 0.2) is 0 Å². The molecule has 0 radical (unpaired) electrons. The van der Waals surface area contributed by atoms with Gasteiger partial charge in [0.1, 0.15) is 4.49 Å². The van der Waals surface area contributed by atoms with E-state index in [-0.39, 0.29) is 9.52 Å². The van der Waals surface area contributed by atoms with Crippen molar-refractivity contribution in [2.45, 2.75) is 6.92 Å². The van der Waals surface area contributed by atoms with Crippen molar-refractivity contribution in [2.24, 2.45) is 0 Å². The van der Waals surface area contributed by atoms with Crippen LogP contribution in [0.15, 0.2) is 20.6 Å². The smallest absolute Gasteiger partial charge is 0.0830 e. The third-order valence-electron chi connectivity index (χ3n) is 0.629. The Balaban J connectivity index is 4.40. The van der Waals surface area contributed by atoms with Gasteiger partial charge < -0.3 is 0 Å². The van der Waals surface area contributed by atoms with Crippen LogP contribution in [0.2, 0.25) is 0 Å². The van der Waals surface area contributed by atoms with E-state index in [2.05, 4.69) is 0 Å². The van der Waals surface area contributed by atoms with Crippen LogP contribution in [0.25, 0.3) is 0 Å². The predicted molar refractivity (Wildman–Crippen MR) is 44.2 cm³/mol. The number of rotatable bonds is 1. The molecular weight excluding hydrogens is 202 g/mol. The number of hydrogen-bond acceptors (Lipinski definition) is 0. The fourth-order valence-corrected chi connectivity index (χ4v) is 0.721. The first-order chi connectivity index (χ1) is 4.09. The minimum Gasteiger partial charge on any atom is -0.0830 e. The van der Waals surface area contributed by atoms with Crippen LogP contribution in [0.1, 0.15) is 6.92 Å². The first kappa shape index (κ1) is 9.64. The molecule has 0 spiro atoms. The van der Waals surface area contributed by atoms with Crippen molar-refractivity contribution in [1.82, 2.24) is 0 Å². The number of halogens is 4. The van der Waals surface area contributed by atoms with Gasteiger partial charge in [-0.25, -0.2) is 0 Å². The minimum absolute atomic E-state index is 0.0141. The summed E-state index contributed by atoms with van der Waals surface area (Å²) in [7, 11) is 0. The maximum Gasteiger partial charge on any atom is 0.126 e. The standard InChI is InChI=1S/C5H4Cl4/c1-2-3(6)4(7)5(8)9/h2H,1H3/b3-2-. The lowest BCUT2D eigenvalue weighted by atomic mass is 10.5. The summed E-state index contributed by atoms with van der Waals surface area (Å²) in [6.45, 7) is 1.74. The van der Waals surface area contributed by atoms with Crippen LogP contribution in [0.5, 0.6) is 0 Å². The van der Waals surface area contributed by atoms with Gasteiger partial charge in [0.05, 0.1) is 10.1 Å². The molecule has 0 rings (SSSR count). The molecule has 0 nitrogen and oxygen atoms in total. The van der Waals surface area contributed by atoms with Crippen molar-refractivity contribution in [2.75, 3.05) is 0 Å². The van der Waals surface area contributed by atoms with E-state index in [0.29, 0.717) is 5.03 Å². The molecule has 0 bridgehead atoms. The first-order valence-electron chi connectivity index (χ1n) is 2.12. The second-order valence-electron chi connectivity index (χ2n) is 1.21. The SMILES string of the molecule is C/C=C(\Cl)C(Cl)=C(Cl)Cl. The molecule has 4 heteroatoms. The zero-order valence-electron chi connectivity index (χ0n) is 4.59. The van der Waals surface area contributed by atoms with Gasteiger partial charge in [0.2, 0.25) is 0 Å². The van der Waals surface area contributed by atoms with Gasteiger partial charge in [-0.15, -0.1) is 0 Å². The van der Waals surface area contributed by atoms with Crippen LogP contribution in [0, 0.1) is 0 Å². The monoisotopic (exact) mass is 204 g/mol. The van der Waals surface area contributed by atoms with Gasteiger partial charge in [-0.2, -0.15) is 0 Å². The van der Waals surface area contributed by atoms with Crippen LogP contribution >= 0.6 is 46.4 Å². The molecule has 52 valence electrons. The number of hydrogen-bond donors (Lipinski definition) is 0. The van der Waals surface area contributed by atoms with Crippen LogP contribution in [0.4, 0.5) is 0 Å². The zero-order chi connectivity index (χ0) is 7.44. The van der Waals surface area contributed by atoms with E-state index in [1.165, 1.54) is 0 Å². The van der Waals surface area contributed by atoms with E-state index in [1.54, 1.807) is 13.0 Å². The Kier molecular flexibility index (Phi) is 4.77. The van der Waals surface area contributed by atoms with E-state index in [9.17, 15) is 0 Å². The van der Waals surface area contributed by atoms with E-state index < -0.39 is 0 Å². The fraction of sp³-hybridized carbons (Fsp3) is 0.200. The summed E-state index contributed by atoms with van der Waals surface area (Å²) in [5.41, 5.74) is 0. The Morgan fingerprint density at radius 1 is 1.11 bits per heavy atom. The number of allylic oxidation sites excluding steroid dienone is 3. The molecule has 0 aliphatic rings. The van der Waals surface area contributed by atoms with Crippen LogP contribution < -0.4 is 0 Å². The Bertz CT molecular complexity index is 152. The van der Waals surface area contributed by atoms with E-state index >= 15 is 0 Å². The molecule has 0 N–H and O–H groups in total. The topological polar surface area (TPSA) is 0 Å². The van der Waals surface area contributed by atoms with Crippen molar-refractivity contribution in [1.29, 1.82) is 0 Å². The quantitative estimate of drug-likeness (QED) is 0.568. The highest BCUT2D eigenvalue weighted by molar-refractivity contribution is 6.61. The molecule has 0 saturated carbocycles. The largest absolute Gasteiger partial charge is 0.126 e. The summed E-state index contributed by atoms with van der Waals surface area (Å²) >= 11 is 21.6. The third kappa shape index (κ3) is 3.36. The van der Waals surface area contributed by atoms with Gasteiger partial charge in [0, 0.05) is 0 Å². The molecular formula is C5H4Cl4. The van der Waals surface area contributed by atoms with Crippen molar-refractivity contribution < 1.29 is 0 Å². The lowest BCUT2D eigenvalue weighted by Crippen LogP contribution is -1.70. The first-order valence-corrected chi connectivity index (χ1v) is 3.63. The Morgan fingerprint density at radius 2 is 1.56 bits per heavy atom. The fourth-order valence-electron chi connectivity index (χ4n) is 0.217. The van der Waals surface area contributed by atoms with E-state index in [4.69, 9.17) is 46.4 Å². The molecule has 0 atom stereocenters. The van der Waals surface area contributed by atoms with Gasteiger partial charge in [0.25, 0.3) is 0 Å². The molecule has 0 saturated heterocycles. The van der Waals surface area contributed by atoms with Crippen LogP contribution in [-0.2, 0) is 0 Å². The predicted octanol–water partition coefficient (Wildman–Crippen LogP) is 4.01. The Morgan fingerprint density at radius 3 is 1.67 bits per heavy atom. The lowest BCUT2D eigenvalue weighted by molar-refractivity contribution is 1.67. The summed E-state index contributed by atoms with van der Waals surface area (Å²) in [4.78, 5) is 0. The minimum atomic E-state index is -0.0141. The van der Waals surface area contributed by atoms with Gasteiger partial charge in [-0.3, -0.25) is 0 Å². The Hall–Kier alpha value is 0.640. The zero-order valence-corrected chi connectivity index (χ0v) is 7.61. The molecule has 0 aromatic carbocycles. The molecule has 0 aliphatic heterocycles. The average molecular weight is 206 g/mol. The summed E-state index contributed by atoms with van der Waals surface area (Å²) in [6, 6.07) is 0. The summed E-state index contributed by atoms with van der Waals surface area (Å²) in [6.07, 6.45) is 1.61. The van der Waals surface area contributed by atoms with Gasteiger partial charge >= 0.3 is 0 Å².